The molecule has 0 saturated heterocycles. The van der Waals surface area contributed by atoms with Gasteiger partial charge in [0, 0.05) is 4.88 Å². The predicted octanol–water partition coefficient (Wildman–Crippen LogP) is 2.71. The third-order valence-electron chi connectivity index (χ3n) is 1.33. The first-order valence-electron chi connectivity index (χ1n) is 3.49. The molecule has 2 heteroatoms. The zero-order valence-corrected chi connectivity index (χ0v) is 7.20. The van der Waals surface area contributed by atoms with Gasteiger partial charge in [-0.05, 0) is 18.6 Å². The summed E-state index contributed by atoms with van der Waals surface area (Å²) >= 11 is 1.74. The van der Waals surface area contributed by atoms with Crippen molar-refractivity contribution in [1.29, 1.82) is 0 Å². The summed E-state index contributed by atoms with van der Waals surface area (Å²) in [6.45, 7) is 2.19. The first kappa shape index (κ1) is 7.61. The van der Waals surface area contributed by atoms with Crippen molar-refractivity contribution < 1.29 is 4.74 Å². The molecule has 0 aliphatic carbocycles. The van der Waals surface area contributed by atoms with Crippen LogP contribution in [-0.2, 0) is 6.42 Å². The van der Waals surface area contributed by atoms with Crippen molar-refractivity contribution in [2.75, 3.05) is 7.11 Å². The smallest absolute Gasteiger partial charge is 0.173 e. The van der Waals surface area contributed by atoms with Gasteiger partial charge in [-0.1, -0.05) is 13.3 Å². The van der Waals surface area contributed by atoms with Crippen LogP contribution >= 0.6 is 11.3 Å². The number of thiophene rings is 1. The van der Waals surface area contributed by atoms with Crippen LogP contribution in [0.2, 0.25) is 0 Å². The number of hydrogen-bond donors (Lipinski definition) is 0. The molecule has 10 heavy (non-hydrogen) atoms. The molecule has 0 N–H and O–H groups in total. The van der Waals surface area contributed by atoms with Crippen LogP contribution in [0.3, 0.4) is 0 Å². The summed E-state index contributed by atoms with van der Waals surface area (Å²) in [5.41, 5.74) is 0. The number of aryl methyl sites for hydroxylation is 1. The van der Waals surface area contributed by atoms with E-state index in [2.05, 4.69) is 13.0 Å². The third-order valence-corrected chi connectivity index (χ3v) is 2.44. The lowest BCUT2D eigenvalue weighted by molar-refractivity contribution is 0.427. The molecule has 0 aliphatic heterocycles. The van der Waals surface area contributed by atoms with Gasteiger partial charge >= 0.3 is 0 Å². The van der Waals surface area contributed by atoms with Crippen molar-refractivity contribution in [3.05, 3.63) is 17.0 Å². The fourth-order valence-electron chi connectivity index (χ4n) is 0.849. The second-order valence-corrected chi connectivity index (χ2v) is 3.31. The van der Waals surface area contributed by atoms with Crippen molar-refractivity contribution in [2.24, 2.45) is 0 Å². The molecule has 0 bridgehead atoms. The minimum atomic E-state index is 1.02. The Balaban J connectivity index is 2.59. The normalized spacial score (nSPS) is 9.80. The highest BCUT2D eigenvalue weighted by Crippen LogP contribution is 2.24. The van der Waals surface area contributed by atoms with Gasteiger partial charge in [-0.15, -0.1) is 11.3 Å². The molecule has 1 aromatic heterocycles. The lowest BCUT2D eigenvalue weighted by atomic mass is 10.3. The Morgan fingerprint density at radius 1 is 1.50 bits per heavy atom. The van der Waals surface area contributed by atoms with Crippen LogP contribution in [-0.4, -0.2) is 7.11 Å². The first-order valence-corrected chi connectivity index (χ1v) is 4.31. The highest BCUT2D eigenvalue weighted by Gasteiger charge is 1.96. The quantitative estimate of drug-likeness (QED) is 0.653. The molecule has 0 atom stereocenters. The Morgan fingerprint density at radius 2 is 2.30 bits per heavy atom. The van der Waals surface area contributed by atoms with E-state index in [1.807, 2.05) is 6.07 Å². The standard InChI is InChI=1S/C8H12OS/c1-3-4-7-5-6-8(9-2)10-7/h5-6H,3-4H2,1-2H3. The maximum atomic E-state index is 5.06. The summed E-state index contributed by atoms with van der Waals surface area (Å²) in [5.74, 6) is 0. The van der Waals surface area contributed by atoms with Crippen molar-refractivity contribution in [3.63, 3.8) is 0 Å². The van der Waals surface area contributed by atoms with Gasteiger partial charge in [0.2, 0.25) is 0 Å². The van der Waals surface area contributed by atoms with Crippen LogP contribution < -0.4 is 4.74 Å². The van der Waals surface area contributed by atoms with Crippen molar-refractivity contribution in [3.8, 4) is 5.06 Å². The van der Waals surface area contributed by atoms with Gasteiger partial charge in [0.1, 0.15) is 0 Å². The monoisotopic (exact) mass is 156 g/mol. The van der Waals surface area contributed by atoms with Crippen molar-refractivity contribution in [2.45, 2.75) is 19.8 Å². The Kier molecular flexibility index (Phi) is 2.75. The highest BCUT2D eigenvalue weighted by molar-refractivity contribution is 7.13. The number of methoxy groups -OCH3 is 1. The molecule has 0 unspecified atom stereocenters. The Labute approximate surface area is 65.6 Å². The molecule has 0 amide bonds. The molecular weight excluding hydrogens is 144 g/mol. The minimum absolute atomic E-state index is 1.02. The summed E-state index contributed by atoms with van der Waals surface area (Å²) in [7, 11) is 1.71. The first-order chi connectivity index (χ1) is 4.86. The van der Waals surface area contributed by atoms with E-state index in [9.17, 15) is 0 Å². The summed E-state index contributed by atoms with van der Waals surface area (Å²) in [6, 6.07) is 4.16. The summed E-state index contributed by atoms with van der Waals surface area (Å²) < 4.78 is 5.06. The molecule has 0 saturated carbocycles. The van der Waals surface area contributed by atoms with Gasteiger partial charge in [0.05, 0.1) is 7.11 Å². The number of hydrogen-bond acceptors (Lipinski definition) is 2. The van der Waals surface area contributed by atoms with Crippen LogP contribution in [0.1, 0.15) is 18.2 Å². The average Bonchev–Trinajstić information content (AvgIpc) is 2.37. The van der Waals surface area contributed by atoms with E-state index in [4.69, 9.17) is 4.74 Å². The summed E-state index contributed by atoms with van der Waals surface area (Å²) in [6.07, 6.45) is 2.39. The van der Waals surface area contributed by atoms with E-state index < -0.39 is 0 Å². The van der Waals surface area contributed by atoms with Gasteiger partial charge < -0.3 is 4.74 Å². The lowest BCUT2D eigenvalue weighted by Gasteiger charge is -1.90. The lowest BCUT2D eigenvalue weighted by Crippen LogP contribution is -1.74. The summed E-state index contributed by atoms with van der Waals surface area (Å²) in [5, 5.41) is 1.02. The van der Waals surface area contributed by atoms with Crippen LogP contribution in [0, 0.1) is 0 Å². The molecule has 0 aliphatic rings. The van der Waals surface area contributed by atoms with E-state index in [1.54, 1.807) is 18.4 Å². The average molecular weight is 156 g/mol. The molecule has 0 aromatic carbocycles. The van der Waals surface area contributed by atoms with Gasteiger partial charge in [-0.3, -0.25) is 0 Å². The molecule has 1 rings (SSSR count). The minimum Gasteiger partial charge on any atom is -0.487 e. The zero-order valence-electron chi connectivity index (χ0n) is 6.39. The Hall–Kier alpha value is -0.500. The zero-order chi connectivity index (χ0) is 7.40. The third kappa shape index (κ3) is 1.74. The fourth-order valence-corrected chi connectivity index (χ4v) is 1.77. The topological polar surface area (TPSA) is 9.23 Å². The van der Waals surface area contributed by atoms with Crippen LogP contribution in [0.25, 0.3) is 0 Å². The van der Waals surface area contributed by atoms with Gasteiger partial charge in [-0.25, -0.2) is 0 Å². The van der Waals surface area contributed by atoms with E-state index in [-0.39, 0.29) is 0 Å². The van der Waals surface area contributed by atoms with Crippen molar-refractivity contribution >= 4 is 11.3 Å². The summed E-state index contributed by atoms with van der Waals surface area (Å²) in [4.78, 5) is 1.42. The van der Waals surface area contributed by atoms with Crippen LogP contribution in [0.5, 0.6) is 5.06 Å². The van der Waals surface area contributed by atoms with E-state index >= 15 is 0 Å². The van der Waals surface area contributed by atoms with Gasteiger partial charge in [0.15, 0.2) is 5.06 Å². The van der Waals surface area contributed by atoms with E-state index in [0.29, 0.717) is 0 Å². The van der Waals surface area contributed by atoms with E-state index in [1.165, 1.54) is 17.7 Å². The molecule has 1 heterocycles. The molecule has 0 fully saturated rings. The number of ether oxygens (including phenoxy) is 1. The second-order valence-electron chi connectivity index (χ2n) is 2.17. The maximum absolute atomic E-state index is 5.06. The van der Waals surface area contributed by atoms with E-state index in [0.717, 1.165) is 5.06 Å². The van der Waals surface area contributed by atoms with Gasteiger partial charge in [0.25, 0.3) is 0 Å². The SMILES string of the molecule is CCCc1ccc(OC)s1. The molecular formula is C8H12OS. The number of rotatable bonds is 3. The van der Waals surface area contributed by atoms with Crippen molar-refractivity contribution in [1.82, 2.24) is 0 Å². The largest absolute Gasteiger partial charge is 0.487 e. The molecule has 0 radical (unpaired) electrons. The molecule has 1 aromatic rings. The maximum Gasteiger partial charge on any atom is 0.173 e. The Morgan fingerprint density at radius 3 is 2.80 bits per heavy atom. The van der Waals surface area contributed by atoms with Gasteiger partial charge in [-0.2, -0.15) is 0 Å². The van der Waals surface area contributed by atoms with Crippen LogP contribution in [0.4, 0.5) is 0 Å². The highest BCUT2D eigenvalue weighted by atomic mass is 32.1. The Bertz CT molecular complexity index is 193. The fraction of sp³-hybridized carbons (Fsp3) is 0.500. The van der Waals surface area contributed by atoms with Crippen LogP contribution in [0.15, 0.2) is 12.1 Å². The molecule has 56 valence electrons. The molecule has 0 spiro atoms. The second kappa shape index (κ2) is 3.62. The molecule has 1 nitrogen and oxygen atoms in total. The predicted molar refractivity (Wildman–Crippen MR) is 44.9 cm³/mol.